The number of aryl methyl sites for hydroxylation is 2. The molecule has 2 aromatic rings. The molecule has 126 valence electrons. The molecule has 0 saturated carbocycles. The van der Waals surface area contributed by atoms with E-state index in [1.807, 2.05) is 50.2 Å². The summed E-state index contributed by atoms with van der Waals surface area (Å²) in [6, 6.07) is 13.8. The lowest BCUT2D eigenvalue weighted by Gasteiger charge is -2.17. The molecular formula is C20H24N2OS. The van der Waals surface area contributed by atoms with Gasteiger partial charge in [0, 0.05) is 11.3 Å². The van der Waals surface area contributed by atoms with Crippen LogP contribution in [0.15, 0.2) is 42.5 Å². The fourth-order valence-electron chi connectivity index (χ4n) is 2.70. The van der Waals surface area contributed by atoms with Crippen LogP contribution < -0.4 is 10.6 Å². The van der Waals surface area contributed by atoms with Crippen molar-refractivity contribution in [3.8, 4) is 0 Å². The SMILES string of the molecule is CCC(C)c1ccccc1NC(=S)NC(=O)c1cc(C)cc(C)c1. The summed E-state index contributed by atoms with van der Waals surface area (Å²) in [4.78, 5) is 12.4. The van der Waals surface area contributed by atoms with E-state index in [1.165, 1.54) is 5.56 Å². The minimum atomic E-state index is -0.194. The van der Waals surface area contributed by atoms with Gasteiger partial charge in [0.05, 0.1) is 0 Å². The predicted octanol–water partition coefficient (Wildman–Crippen LogP) is 4.94. The predicted molar refractivity (Wildman–Crippen MR) is 105 cm³/mol. The van der Waals surface area contributed by atoms with Gasteiger partial charge >= 0.3 is 0 Å². The molecule has 1 amide bonds. The summed E-state index contributed by atoms with van der Waals surface area (Å²) in [6.07, 6.45) is 1.04. The smallest absolute Gasteiger partial charge is 0.257 e. The van der Waals surface area contributed by atoms with Crippen molar-refractivity contribution in [2.24, 2.45) is 0 Å². The lowest BCUT2D eigenvalue weighted by atomic mass is 9.97. The normalized spacial score (nSPS) is 11.7. The lowest BCUT2D eigenvalue weighted by Crippen LogP contribution is -2.34. The molecule has 2 rings (SSSR count). The zero-order chi connectivity index (χ0) is 17.7. The Hall–Kier alpha value is -2.20. The van der Waals surface area contributed by atoms with E-state index in [9.17, 15) is 4.79 Å². The van der Waals surface area contributed by atoms with Crippen LogP contribution in [0.3, 0.4) is 0 Å². The molecule has 1 atom stereocenters. The molecule has 0 heterocycles. The summed E-state index contributed by atoms with van der Waals surface area (Å²) in [7, 11) is 0. The second-order valence-electron chi connectivity index (χ2n) is 6.18. The number of amides is 1. The second kappa shape index (κ2) is 8.06. The molecule has 0 spiro atoms. The van der Waals surface area contributed by atoms with Crippen LogP contribution in [-0.2, 0) is 0 Å². The number of nitrogens with one attached hydrogen (secondary N) is 2. The van der Waals surface area contributed by atoms with Crippen LogP contribution in [0.25, 0.3) is 0 Å². The van der Waals surface area contributed by atoms with E-state index in [1.54, 1.807) is 0 Å². The number of hydrogen-bond acceptors (Lipinski definition) is 2. The highest BCUT2D eigenvalue weighted by atomic mass is 32.1. The number of thiocarbonyl (C=S) groups is 1. The minimum absolute atomic E-state index is 0.194. The van der Waals surface area contributed by atoms with Gasteiger partial charge in [-0.15, -0.1) is 0 Å². The molecule has 3 nitrogen and oxygen atoms in total. The zero-order valence-electron chi connectivity index (χ0n) is 14.6. The van der Waals surface area contributed by atoms with E-state index in [2.05, 4.69) is 30.5 Å². The first-order chi connectivity index (χ1) is 11.4. The Labute approximate surface area is 149 Å². The Morgan fingerprint density at radius 1 is 1.12 bits per heavy atom. The van der Waals surface area contributed by atoms with Crippen molar-refractivity contribution in [2.45, 2.75) is 40.0 Å². The van der Waals surface area contributed by atoms with Gasteiger partial charge in [0.1, 0.15) is 0 Å². The third-order valence-electron chi connectivity index (χ3n) is 4.06. The van der Waals surface area contributed by atoms with Gasteiger partial charge < -0.3 is 5.32 Å². The Morgan fingerprint density at radius 3 is 2.38 bits per heavy atom. The molecule has 4 heteroatoms. The standard InChI is InChI=1S/C20H24N2OS/c1-5-15(4)17-8-6-7-9-18(17)21-20(24)22-19(23)16-11-13(2)10-14(3)12-16/h6-12,15H,5H2,1-4H3,(H2,21,22,23,24). The van der Waals surface area contributed by atoms with E-state index in [-0.39, 0.29) is 5.91 Å². The van der Waals surface area contributed by atoms with Crippen LogP contribution in [0, 0.1) is 13.8 Å². The van der Waals surface area contributed by atoms with Crippen molar-refractivity contribution in [1.29, 1.82) is 0 Å². The quantitative estimate of drug-likeness (QED) is 0.774. The summed E-state index contributed by atoms with van der Waals surface area (Å²) < 4.78 is 0. The maximum Gasteiger partial charge on any atom is 0.257 e. The van der Waals surface area contributed by atoms with Crippen molar-refractivity contribution in [3.05, 3.63) is 64.7 Å². The number of carbonyl (C=O) groups excluding carboxylic acids is 1. The maximum absolute atomic E-state index is 12.4. The molecule has 0 aliphatic heterocycles. The number of hydrogen-bond donors (Lipinski definition) is 2. The summed E-state index contributed by atoms with van der Waals surface area (Å²) in [6.45, 7) is 8.28. The van der Waals surface area contributed by atoms with Crippen molar-refractivity contribution in [2.75, 3.05) is 5.32 Å². The number of benzene rings is 2. The molecule has 0 fully saturated rings. The monoisotopic (exact) mass is 340 g/mol. The number of para-hydroxylation sites is 1. The summed E-state index contributed by atoms with van der Waals surface area (Å²) in [5.74, 6) is 0.229. The highest BCUT2D eigenvalue weighted by Crippen LogP contribution is 2.26. The summed E-state index contributed by atoms with van der Waals surface area (Å²) in [5.41, 5.74) is 4.87. The van der Waals surface area contributed by atoms with Crippen molar-refractivity contribution in [3.63, 3.8) is 0 Å². The zero-order valence-corrected chi connectivity index (χ0v) is 15.5. The molecule has 0 aliphatic carbocycles. The van der Waals surface area contributed by atoms with Crippen LogP contribution in [0.2, 0.25) is 0 Å². The molecule has 0 bridgehead atoms. The van der Waals surface area contributed by atoms with E-state index in [4.69, 9.17) is 12.2 Å². The molecule has 2 aromatic carbocycles. The van der Waals surface area contributed by atoms with Gasteiger partial charge in [-0.1, -0.05) is 49.2 Å². The van der Waals surface area contributed by atoms with Crippen LogP contribution in [0.1, 0.15) is 53.2 Å². The average Bonchev–Trinajstić information content (AvgIpc) is 2.53. The number of carbonyl (C=O) groups is 1. The van der Waals surface area contributed by atoms with E-state index < -0.39 is 0 Å². The maximum atomic E-state index is 12.4. The Bertz CT molecular complexity index is 735. The van der Waals surface area contributed by atoms with Gasteiger partial charge in [-0.05, 0) is 62.2 Å². The molecule has 2 N–H and O–H groups in total. The first-order valence-corrected chi connectivity index (χ1v) is 8.61. The largest absolute Gasteiger partial charge is 0.332 e. The molecule has 24 heavy (non-hydrogen) atoms. The molecule has 0 radical (unpaired) electrons. The summed E-state index contributed by atoms with van der Waals surface area (Å²) in [5, 5.41) is 6.23. The van der Waals surface area contributed by atoms with Gasteiger partial charge in [-0.25, -0.2) is 0 Å². The van der Waals surface area contributed by atoms with Gasteiger partial charge in [-0.3, -0.25) is 10.1 Å². The number of rotatable bonds is 4. The highest BCUT2D eigenvalue weighted by Gasteiger charge is 2.12. The molecule has 1 unspecified atom stereocenters. The minimum Gasteiger partial charge on any atom is -0.332 e. The highest BCUT2D eigenvalue weighted by molar-refractivity contribution is 7.80. The fraction of sp³-hybridized carbons (Fsp3) is 0.300. The Balaban J connectivity index is 2.10. The number of anilines is 1. The Morgan fingerprint density at radius 2 is 1.75 bits per heavy atom. The first-order valence-electron chi connectivity index (χ1n) is 8.20. The van der Waals surface area contributed by atoms with Crippen LogP contribution >= 0.6 is 12.2 Å². The van der Waals surface area contributed by atoms with Crippen molar-refractivity contribution < 1.29 is 4.79 Å². The summed E-state index contributed by atoms with van der Waals surface area (Å²) >= 11 is 5.32. The van der Waals surface area contributed by atoms with Crippen LogP contribution in [0.5, 0.6) is 0 Å². The third kappa shape index (κ3) is 4.65. The topological polar surface area (TPSA) is 41.1 Å². The van der Waals surface area contributed by atoms with E-state index in [0.29, 0.717) is 16.6 Å². The first kappa shape index (κ1) is 18.1. The lowest BCUT2D eigenvalue weighted by molar-refractivity contribution is 0.0977. The molecule has 0 saturated heterocycles. The Kier molecular flexibility index (Phi) is 6.10. The molecular weight excluding hydrogens is 316 g/mol. The van der Waals surface area contributed by atoms with Crippen molar-refractivity contribution >= 4 is 28.9 Å². The van der Waals surface area contributed by atoms with Crippen LogP contribution in [0.4, 0.5) is 5.69 Å². The van der Waals surface area contributed by atoms with Gasteiger partial charge in [-0.2, -0.15) is 0 Å². The molecule has 0 aromatic heterocycles. The fourth-order valence-corrected chi connectivity index (χ4v) is 2.90. The molecule has 0 aliphatic rings. The average molecular weight is 340 g/mol. The van der Waals surface area contributed by atoms with Gasteiger partial charge in [0.2, 0.25) is 0 Å². The second-order valence-corrected chi connectivity index (χ2v) is 6.59. The van der Waals surface area contributed by atoms with Crippen molar-refractivity contribution in [1.82, 2.24) is 5.32 Å². The van der Waals surface area contributed by atoms with E-state index >= 15 is 0 Å². The van der Waals surface area contributed by atoms with Crippen LogP contribution in [-0.4, -0.2) is 11.0 Å². The van der Waals surface area contributed by atoms with E-state index in [0.717, 1.165) is 23.2 Å². The third-order valence-corrected chi connectivity index (χ3v) is 4.27. The van der Waals surface area contributed by atoms with Gasteiger partial charge in [0.15, 0.2) is 5.11 Å². The van der Waals surface area contributed by atoms with Gasteiger partial charge in [0.25, 0.3) is 5.91 Å².